The zero-order chi connectivity index (χ0) is 14.4. The third-order valence-corrected chi connectivity index (χ3v) is 3.74. The standard InChI is InChI=1S/C17H13N3O/c1-2-15-18-13-9-5-3-7-11(13)16-19-14-10-6-4-8-12(14)17(21)20(15)16/h3-10H,2H2,1H3. The average molecular weight is 275 g/mol. The van der Waals surface area contributed by atoms with Gasteiger partial charge in [0.05, 0.1) is 16.4 Å². The SMILES string of the molecule is CCc1nc2ccccc2c2nc3ccccc3c(=O)n12. The fraction of sp³-hybridized carbons (Fsp3) is 0.118. The second-order valence-electron chi connectivity index (χ2n) is 4.99. The Labute approximate surface area is 120 Å². The average Bonchev–Trinajstić information content (AvgIpc) is 2.54. The van der Waals surface area contributed by atoms with Crippen molar-refractivity contribution in [3.8, 4) is 0 Å². The Balaban J connectivity index is 2.37. The van der Waals surface area contributed by atoms with E-state index in [-0.39, 0.29) is 5.56 Å². The summed E-state index contributed by atoms with van der Waals surface area (Å²) < 4.78 is 1.64. The normalized spacial score (nSPS) is 11.5. The smallest absolute Gasteiger partial charge is 0.267 e. The molecule has 0 aliphatic carbocycles. The summed E-state index contributed by atoms with van der Waals surface area (Å²) >= 11 is 0. The van der Waals surface area contributed by atoms with Crippen molar-refractivity contribution in [2.24, 2.45) is 0 Å². The summed E-state index contributed by atoms with van der Waals surface area (Å²) in [5.41, 5.74) is 2.23. The van der Waals surface area contributed by atoms with Gasteiger partial charge in [0.1, 0.15) is 5.82 Å². The van der Waals surface area contributed by atoms with Crippen molar-refractivity contribution in [3.05, 3.63) is 64.7 Å². The van der Waals surface area contributed by atoms with Gasteiger partial charge in [-0.15, -0.1) is 0 Å². The van der Waals surface area contributed by atoms with Crippen LogP contribution in [0, 0.1) is 0 Å². The Hall–Kier alpha value is -2.75. The molecule has 0 aliphatic heterocycles. The molecule has 0 saturated heterocycles. The van der Waals surface area contributed by atoms with Gasteiger partial charge in [-0.3, -0.25) is 4.79 Å². The minimum Gasteiger partial charge on any atom is -0.268 e. The van der Waals surface area contributed by atoms with Crippen molar-refractivity contribution in [2.75, 3.05) is 0 Å². The molecule has 4 rings (SSSR count). The van der Waals surface area contributed by atoms with Crippen LogP contribution < -0.4 is 5.56 Å². The summed E-state index contributed by atoms with van der Waals surface area (Å²) in [6.07, 6.45) is 0.682. The van der Waals surface area contributed by atoms with E-state index in [0.29, 0.717) is 17.5 Å². The van der Waals surface area contributed by atoms with Crippen molar-refractivity contribution in [1.29, 1.82) is 0 Å². The van der Waals surface area contributed by atoms with E-state index in [2.05, 4.69) is 4.98 Å². The van der Waals surface area contributed by atoms with Crippen molar-refractivity contribution >= 4 is 27.5 Å². The van der Waals surface area contributed by atoms with Gasteiger partial charge < -0.3 is 0 Å². The first-order valence-electron chi connectivity index (χ1n) is 6.98. The van der Waals surface area contributed by atoms with Gasteiger partial charge in [-0.2, -0.15) is 0 Å². The molecule has 0 bridgehead atoms. The zero-order valence-electron chi connectivity index (χ0n) is 11.6. The Morgan fingerprint density at radius 3 is 2.24 bits per heavy atom. The number of nitrogens with zero attached hydrogens (tertiary/aromatic N) is 3. The molecule has 0 N–H and O–H groups in total. The third kappa shape index (κ3) is 1.65. The minimum absolute atomic E-state index is 0.0503. The van der Waals surface area contributed by atoms with E-state index in [1.807, 2.05) is 55.5 Å². The summed E-state index contributed by atoms with van der Waals surface area (Å²) in [6.45, 7) is 2.00. The molecule has 0 atom stereocenters. The number of aryl methyl sites for hydroxylation is 1. The van der Waals surface area contributed by atoms with Gasteiger partial charge in [0, 0.05) is 11.8 Å². The maximum absolute atomic E-state index is 12.8. The first-order chi connectivity index (χ1) is 10.3. The number of para-hydroxylation sites is 2. The molecule has 0 fully saturated rings. The van der Waals surface area contributed by atoms with Crippen LogP contribution >= 0.6 is 0 Å². The molecule has 4 nitrogen and oxygen atoms in total. The molecule has 0 aliphatic rings. The van der Waals surface area contributed by atoms with Crippen LogP contribution in [0.25, 0.3) is 27.5 Å². The molecule has 0 spiro atoms. The quantitative estimate of drug-likeness (QED) is 0.396. The topological polar surface area (TPSA) is 47.3 Å². The molecule has 0 unspecified atom stereocenters. The lowest BCUT2D eigenvalue weighted by atomic mass is 10.2. The van der Waals surface area contributed by atoms with Crippen LogP contribution in [0.3, 0.4) is 0 Å². The molecule has 102 valence electrons. The van der Waals surface area contributed by atoms with Gasteiger partial charge in [-0.1, -0.05) is 31.2 Å². The Kier molecular flexibility index (Phi) is 2.51. The van der Waals surface area contributed by atoms with E-state index in [0.717, 1.165) is 22.2 Å². The number of hydrogen-bond donors (Lipinski definition) is 0. The molecule has 2 aromatic heterocycles. The van der Waals surface area contributed by atoms with Gasteiger partial charge in [0.2, 0.25) is 0 Å². The summed E-state index contributed by atoms with van der Waals surface area (Å²) in [6, 6.07) is 15.2. The number of fused-ring (bicyclic) bond motifs is 4. The van der Waals surface area contributed by atoms with Crippen molar-refractivity contribution in [2.45, 2.75) is 13.3 Å². The van der Waals surface area contributed by atoms with E-state index in [9.17, 15) is 4.79 Å². The number of aromatic nitrogens is 3. The molecule has 2 heterocycles. The summed E-state index contributed by atoms with van der Waals surface area (Å²) in [4.78, 5) is 22.1. The van der Waals surface area contributed by atoms with Crippen molar-refractivity contribution < 1.29 is 0 Å². The molecule has 21 heavy (non-hydrogen) atoms. The van der Waals surface area contributed by atoms with Crippen LogP contribution in [0.5, 0.6) is 0 Å². The first-order valence-corrected chi connectivity index (χ1v) is 6.98. The highest BCUT2D eigenvalue weighted by Gasteiger charge is 2.12. The highest BCUT2D eigenvalue weighted by atomic mass is 16.1. The van der Waals surface area contributed by atoms with Crippen LogP contribution in [-0.4, -0.2) is 14.4 Å². The van der Waals surface area contributed by atoms with Gasteiger partial charge in [-0.05, 0) is 24.3 Å². The molecule has 2 aromatic carbocycles. The lowest BCUT2D eigenvalue weighted by Gasteiger charge is -2.10. The zero-order valence-corrected chi connectivity index (χ0v) is 11.6. The van der Waals surface area contributed by atoms with Gasteiger partial charge in [-0.25, -0.2) is 14.4 Å². The monoisotopic (exact) mass is 275 g/mol. The van der Waals surface area contributed by atoms with Crippen molar-refractivity contribution in [3.63, 3.8) is 0 Å². The van der Waals surface area contributed by atoms with Crippen LogP contribution in [0.4, 0.5) is 0 Å². The highest BCUT2D eigenvalue weighted by Crippen LogP contribution is 2.19. The van der Waals surface area contributed by atoms with E-state index >= 15 is 0 Å². The van der Waals surface area contributed by atoms with Crippen LogP contribution in [-0.2, 0) is 6.42 Å². The predicted octanol–water partition coefficient (Wildman–Crippen LogP) is 2.96. The predicted molar refractivity (Wildman–Crippen MR) is 83.6 cm³/mol. The summed E-state index contributed by atoms with van der Waals surface area (Å²) in [7, 11) is 0. The number of rotatable bonds is 1. The molecule has 4 aromatic rings. The fourth-order valence-electron chi connectivity index (χ4n) is 2.74. The summed E-state index contributed by atoms with van der Waals surface area (Å²) in [5.74, 6) is 0.743. The maximum Gasteiger partial charge on any atom is 0.267 e. The third-order valence-electron chi connectivity index (χ3n) is 3.74. The first kappa shape index (κ1) is 12.0. The van der Waals surface area contributed by atoms with Crippen LogP contribution in [0.15, 0.2) is 53.3 Å². The Morgan fingerprint density at radius 2 is 1.52 bits per heavy atom. The van der Waals surface area contributed by atoms with E-state index in [1.165, 1.54) is 0 Å². The van der Waals surface area contributed by atoms with Crippen molar-refractivity contribution in [1.82, 2.24) is 14.4 Å². The molecule has 0 radical (unpaired) electrons. The maximum atomic E-state index is 12.8. The van der Waals surface area contributed by atoms with Gasteiger partial charge in [0.15, 0.2) is 5.65 Å². The van der Waals surface area contributed by atoms with Gasteiger partial charge >= 0.3 is 0 Å². The lowest BCUT2D eigenvalue weighted by Crippen LogP contribution is -2.20. The minimum atomic E-state index is -0.0503. The molecule has 0 amide bonds. The number of benzene rings is 2. The molecular weight excluding hydrogens is 262 g/mol. The molecule has 0 saturated carbocycles. The second-order valence-corrected chi connectivity index (χ2v) is 4.99. The van der Waals surface area contributed by atoms with E-state index in [1.54, 1.807) is 4.40 Å². The lowest BCUT2D eigenvalue weighted by molar-refractivity contribution is 0.882. The second kappa shape index (κ2) is 4.38. The highest BCUT2D eigenvalue weighted by molar-refractivity contribution is 5.93. The van der Waals surface area contributed by atoms with E-state index in [4.69, 9.17) is 4.98 Å². The largest absolute Gasteiger partial charge is 0.268 e. The van der Waals surface area contributed by atoms with E-state index < -0.39 is 0 Å². The molecule has 4 heteroatoms. The molecular formula is C17H13N3O. The van der Waals surface area contributed by atoms with Gasteiger partial charge in [0.25, 0.3) is 5.56 Å². The Bertz CT molecular complexity index is 1050. The van der Waals surface area contributed by atoms with Crippen LogP contribution in [0.1, 0.15) is 12.7 Å². The summed E-state index contributed by atoms with van der Waals surface area (Å²) in [5, 5.41) is 1.53. The number of hydrogen-bond acceptors (Lipinski definition) is 3. The Morgan fingerprint density at radius 1 is 0.905 bits per heavy atom. The van der Waals surface area contributed by atoms with Crippen LogP contribution in [0.2, 0.25) is 0 Å². The fourth-order valence-corrected chi connectivity index (χ4v) is 2.74.